The normalized spacial score (nSPS) is 23.2. The van der Waals surface area contributed by atoms with E-state index in [0.29, 0.717) is 0 Å². The topological polar surface area (TPSA) is 68.3 Å². The maximum Gasteiger partial charge on any atom is 0.237 e. The molecule has 1 heterocycles. The van der Waals surface area contributed by atoms with Gasteiger partial charge in [0.25, 0.3) is 0 Å². The van der Waals surface area contributed by atoms with Crippen molar-refractivity contribution < 1.29 is 9.21 Å². The van der Waals surface area contributed by atoms with E-state index in [1.54, 1.807) is 0 Å². The number of hydrogen-bond acceptors (Lipinski definition) is 3. The zero-order valence-corrected chi connectivity index (χ0v) is 13.8. The fourth-order valence-corrected chi connectivity index (χ4v) is 3.09. The van der Waals surface area contributed by atoms with Crippen LogP contribution in [0.5, 0.6) is 0 Å². The highest BCUT2D eigenvalue weighted by Crippen LogP contribution is 2.42. The van der Waals surface area contributed by atoms with E-state index in [0.717, 1.165) is 36.3 Å². The van der Waals surface area contributed by atoms with E-state index in [1.807, 2.05) is 19.9 Å². The molecule has 1 aliphatic rings. The Kier molecular flexibility index (Phi) is 4.47. The van der Waals surface area contributed by atoms with E-state index in [4.69, 9.17) is 10.2 Å². The van der Waals surface area contributed by atoms with E-state index < -0.39 is 6.04 Å². The first kappa shape index (κ1) is 16.1. The van der Waals surface area contributed by atoms with E-state index in [-0.39, 0.29) is 23.3 Å². The van der Waals surface area contributed by atoms with Crippen molar-refractivity contribution in [2.75, 3.05) is 0 Å². The minimum Gasteiger partial charge on any atom is -0.466 e. The molecule has 4 heteroatoms. The molecule has 0 fully saturated rings. The SMILES string of the molecule is CCC(C)C(N)C(=O)NC1CC(C)(C)Cc2oc(C)cc21. The number of carbonyl (C=O) groups is 1. The lowest BCUT2D eigenvalue weighted by Crippen LogP contribution is -2.47. The van der Waals surface area contributed by atoms with Crippen LogP contribution in [-0.2, 0) is 11.2 Å². The zero-order valence-electron chi connectivity index (χ0n) is 13.8. The Labute approximate surface area is 127 Å². The van der Waals surface area contributed by atoms with Gasteiger partial charge in [-0.15, -0.1) is 0 Å². The minimum atomic E-state index is -0.448. The highest BCUT2D eigenvalue weighted by molar-refractivity contribution is 5.82. The monoisotopic (exact) mass is 292 g/mol. The van der Waals surface area contributed by atoms with Crippen LogP contribution in [0.4, 0.5) is 0 Å². The van der Waals surface area contributed by atoms with Gasteiger partial charge in [0, 0.05) is 12.0 Å². The summed E-state index contributed by atoms with van der Waals surface area (Å²) in [5, 5.41) is 3.14. The maximum atomic E-state index is 12.4. The predicted molar refractivity (Wildman–Crippen MR) is 83.9 cm³/mol. The van der Waals surface area contributed by atoms with Crippen LogP contribution < -0.4 is 11.1 Å². The fourth-order valence-electron chi connectivity index (χ4n) is 3.09. The summed E-state index contributed by atoms with van der Waals surface area (Å²) >= 11 is 0. The smallest absolute Gasteiger partial charge is 0.237 e. The lowest BCUT2D eigenvalue weighted by atomic mass is 9.74. The van der Waals surface area contributed by atoms with Gasteiger partial charge in [0.05, 0.1) is 12.1 Å². The van der Waals surface area contributed by atoms with Crippen LogP contribution in [0.2, 0.25) is 0 Å². The fraction of sp³-hybridized carbons (Fsp3) is 0.706. The lowest BCUT2D eigenvalue weighted by molar-refractivity contribution is -0.124. The van der Waals surface area contributed by atoms with Crippen molar-refractivity contribution in [2.45, 2.75) is 66.0 Å². The largest absolute Gasteiger partial charge is 0.466 e. The second-order valence-electron chi connectivity index (χ2n) is 7.25. The number of furan rings is 1. The summed E-state index contributed by atoms with van der Waals surface area (Å²) in [5.41, 5.74) is 7.29. The Morgan fingerprint density at radius 1 is 1.57 bits per heavy atom. The number of aryl methyl sites for hydroxylation is 1. The first-order valence-corrected chi connectivity index (χ1v) is 7.88. The molecule has 118 valence electrons. The molecule has 0 spiro atoms. The molecule has 1 aromatic heterocycles. The van der Waals surface area contributed by atoms with Crippen molar-refractivity contribution in [1.82, 2.24) is 5.32 Å². The molecule has 21 heavy (non-hydrogen) atoms. The lowest BCUT2D eigenvalue weighted by Gasteiger charge is -2.35. The zero-order chi connectivity index (χ0) is 15.8. The second kappa shape index (κ2) is 5.84. The van der Waals surface area contributed by atoms with Crippen molar-refractivity contribution in [1.29, 1.82) is 0 Å². The summed E-state index contributed by atoms with van der Waals surface area (Å²) in [6.07, 6.45) is 2.73. The number of amides is 1. The molecule has 3 N–H and O–H groups in total. The van der Waals surface area contributed by atoms with Crippen LogP contribution in [0.25, 0.3) is 0 Å². The van der Waals surface area contributed by atoms with Gasteiger partial charge >= 0.3 is 0 Å². The molecule has 0 saturated carbocycles. The van der Waals surface area contributed by atoms with Crippen LogP contribution in [-0.4, -0.2) is 11.9 Å². The third-order valence-electron chi connectivity index (χ3n) is 4.61. The van der Waals surface area contributed by atoms with Crippen LogP contribution in [0, 0.1) is 18.3 Å². The third-order valence-corrected chi connectivity index (χ3v) is 4.61. The van der Waals surface area contributed by atoms with Gasteiger partial charge in [0.1, 0.15) is 11.5 Å². The van der Waals surface area contributed by atoms with Crippen molar-refractivity contribution in [3.8, 4) is 0 Å². The Hall–Kier alpha value is -1.29. The summed E-state index contributed by atoms with van der Waals surface area (Å²) in [7, 11) is 0. The summed E-state index contributed by atoms with van der Waals surface area (Å²) in [6, 6.07) is 1.60. The maximum absolute atomic E-state index is 12.4. The molecule has 3 unspecified atom stereocenters. The number of nitrogens with one attached hydrogen (secondary N) is 1. The van der Waals surface area contributed by atoms with Gasteiger partial charge in [0.15, 0.2) is 0 Å². The molecular formula is C17H28N2O2. The molecular weight excluding hydrogens is 264 g/mol. The Balaban J connectivity index is 2.18. The molecule has 0 aromatic carbocycles. The molecule has 2 rings (SSSR count). The molecule has 0 radical (unpaired) electrons. The van der Waals surface area contributed by atoms with Crippen molar-refractivity contribution in [2.24, 2.45) is 17.1 Å². The second-order valence-corrected chi connectivity index (χ2v) is 7.25. The van der Waals surface area contributed by atoms with E-state index in [9.17, 15) is 4.79 Å². The highest BCUT2D eigenvalue weighted by atomic mass is 16.3. The van der Waals surface area contributed by atoms with E-state index >= 15 is 0 Å². The molecule has 4 nitrogen and oxygen atoms in total. The van der Waals surface area contributed by atoms with Gasteiger partial charge in [-0.05, 0) is 30.7 Å². The number of hydrogen-bond donors (Lipinski definition) is 2. The molecule has 1 amide bonds. The van der Waals surface area contributed by atoms with Gasteiger partial charge < -0.3 is 15.5 Å². The minimum absolute atomic E-state index is 0.00352. The summed E-state index contributed by atoms with van der Waals surface area (Å²) in [5.74, 6) is 2.04. The quantitative estimate of drug-likeness (QED) is 0.896. The molecule has 0 aliphatic heterocycles. The van der Waals surface area contributed by atoms with Crippen LogP contribution in [0.1, 0.15) is 63.7 Å². The Morgan fingerprint density at radius 3 is 2.86 bits per heavy atom. The Bertz CT molecular complexity index is 519. The number of rotatable bonds is 4. The summed E-state index contributed by atoms with van der Waals surface area (Å²) in [4.78, 5) is 12.4. The number of nitrogens with two attached hydrogens (primary N) is 1. The molecule has 0 bridgehead atoms. The van der Waals surface area contributed by atoms with Crippen LogP contribution in [0.15, 0.2) is 10.5 Å². The molecule has 1 aromatic rings. The predicted octanol–water partition coefficient (Wildman–Crippen LogP) is 3.09. The molecule has 3 atom stereocenters. The van der Waals surface area contributed by atoms with Crippen molar-refractivity contribution in [3.63, 3.8) is 0 Å². The van der Waals surface area contributed by atoms with E-state index in [2.05, 4.69) is 26.1 Å². The number of carbonyl (C=O) groups excluding carboxylic acids is 1. The van der Waals surface area contributed by atoms with E-state index in [1.165, 1.54) is 0 Å². The van der Waals surface area contributed by atoms with Gasteiger partial charge in [-0.2, -0.15) is 0 Å². The summed E-state index contributed by atoms with van der Waals surface area (Å²) in [6.45, 7) is 10.4. The van der Waals surface area contributed by atoms with Gasteiger partial charge in [-0.3, -0.25) is 4.79 Å². The third kappa shape index (κ3) is 3.49. The average molecular weight is 292 g/mol. The highest BCUT2D eigenvalue weighted by Gasteiger charge is 2.36. The number of fused-ring (bicyclic) bond motifs is 1. The van der Waals surface area contributed by atoms with Crippen molar-refractivity contribution >= 4 is 5.91 Å². The van der Waals surface area contributed by atoms with Crippen LogP contribution >= 0.6 is 0 Å². The molecule has 1 aliphatic carbocycles. The van der Waals surface area contributed by atoms with Crippen molar-refractivity contribution in [3.05, 3.63) is 23.2 Å². The van der Waals surface area contributed by atoms with Gasteiger partial charge in [-0.1, -0.05) is 34.1 Å². The summed E-state index contributed by atoms with van der Waals surface area (Å²) < 4.78 is 5.80. The standard InChI is InChI=1S/C17H28N2O2/c1-6-10(2)15(18)16(20)19-13-8-17(4,5)9-14-12(13)7-11(3)21-14/h7,10,13,15H,6,8-9,18H2,1-5H3,(H,19,20). The first-order valence-electron chi connectivity index (χ1n) is 7.88. The van der Waals surface area contributed by atoms with Gasteiger partial charge in [0.2, 0.25) is 5.91 Å². The van der Waals surface area contributed by atoms with Crippen LogP contribution in [0.3, 0.4) is 0 Å². The van der Waals surface area contributed by atoms with Gasteiger partial charge in [-0.25, -0.2) is 0 Å². The average Bonchev–Trinajstić information content (AvgIpc) is 2.75. The Morgan fingerprint density at radius 2 is 2.24 bits per heavy atom. The first-order chi connectivity index (χ1) is 9.73. The molecule has 0 saturated heterocycles.